The van der Waals surface area contributed by atoms with E-state index in [9.17, 15) is 14.0 Å². The maximum atomic E-state index is 12.6. The molecule has 1 N–H and O–H groups in total. The van der Waals surface area contributed by atoms with Crippen LogP contribution >= 0.6 is 0 Å². The quantitative estimate of drug-likeness (QED) is 0.769. The topological polar surface area (TPSA) is 54.4 Å². The number of carbonyl (C=O) groups is 2. The summed E-state index contributed by atoms with van der Waals surface area (Å²) < 4.78 is 12.6. The zero-order valence-electron chi connectivity index (χ0n) is 8.24. The van der Waals surface area contributed by atoms with Crippen LogP contribution in [0.15, 0.2) is 24.3 Å². The molecule has 0 aliphatic rings. The molecular weight excluding hydrogens is 199 g/mol. The number of Topliss-reactive ketones (excluding diaryl/α,β-unsaturated/α-hetero) is 1. The third kappa shape index (κ3) is 3.16. The van der Waals surface area contributed by atoms with Crippen LogP contribution in [-0.4, -0.2) is 16.9 Å². The van der Waals surface area contributed by atoms with Crippen LogP contribution in [0.5, 0.6) is 0 Å². The summed E-state index contributed by atoms with van der Waals surface area (Å²) in [4.78, 5) is 21.7. The highest BCUT2D eigenvalue weighted by Gasteiger charge is 2.22. The van der Waals surface area contributed by atoms with Crippen molar-refractivity contribution in [2.45, 2.75) is 13.3 Å². The summed E-state index contributed by atoms with van der Waals surface area (Å²) in [6.07, 6.45) is 0.102. The predicted molar refractivity (Wildman–Crippen MR) is 51.9 cm³/mol. The Labute approximate surface area is 86.5 Å². The van der Waals surface area contributed by atoms with E-state index in [0.29, 0.717) is 5.56 Å². The number of carbonyl (C=O) groups excluding carboxylic acids is 1. The van der Waals surface area contributed by atoms with Gasteiger partial charge in [0.2, 0.25) is 0 Å². The smallest absolute Gasteiger partial charge is 0.314 e. The number of hydrogen-bond acceptors (Lipinski definition) is 2. The van der Waals surface area contributed by atoms with Gasteiger partial charge in [-0.1, -0.05) is 12.1 Å². The lowest BCUT2D eigenvalue weighted by Crippen LogP contribution is -2.23. The van der Waals surface area contributed by atoms with Crippen molar-refractivity contribution in [3.8, 4) is 0 Å². The molecule has 1 unspecified atom stereocenters. The van der Waals surface area contributed by atoms with Crippen molar-refractivity contribution in [1.82, 2.24) is 0 Å². The summed E-state index contributed by atoms with van der Waals surface area (Å²) in [6, 6.07) is 5.45. The lowest BCUT2D eigenvalue weighted by atomic mass is 9.96. The number of hydrogen-bond donors (Lipinski definition) is 1. The molecule has 0 saturated heterocycles. The van der Waals surface area contributed by atoms with Crippen molar-refractivity contribution < 1.29 is 19.1 Å². The van der Waals surface area contributed by atoms with Gasteiger partial charge in [-0.2, -0.15) is 0 Å². The molecule has 1 rings (SSSR count). The van der Waals surface area contributed by atoms with Gasteiger partial charge in [-0.15, -0.1) is 0 Å². The van der Waals surface area contributed by atoms with E-state index in [4.69, 9.17) is 5.11 Å². The molecule has 0 aliphatic heterocycles. The molecule has 4 heteroatoms. The van der Waals surface area contributed by atoms with E-state index in [2.05, 4.69) is 0 Å². The van der Waals surface area contributed by atoms with Crippen LogP contribution in [0.3, 0.4) is 0 Å². The number of benzene rings is 1. The van der Waals surface area contributed by atoms with Crippen LogP contribution in [0.2, 0.25) is 0 Å². The fourth-order valence-electron chi connectivity index (χ4n) is 1.26. The highest BCUT2D eigenvalue weighted by atomic mass is 19.1. The van der Waals surface area contributed by atoms with Crippen LogP contribution < -0.4 is 0 Å². The molecule has 0 radical (unpaired) electrons. The highest BCUT2D eigenvalue weighted by molar-refractivity contribution is 5.97. The molecule has 1 aromatic carbocycles. The number of ketones is 1. The molecule has 0 amide bonds. The molecule has 15 heavy (non-hydrogen) atoms. The number of carboxylic acids is 1. The molecule has 0 saturated carbocycles. The lowest BCUT2D eigenvalue weighted by Gasteiger charge is -2.08. The van der Waals surface area contributed by atoms with E-state index >= 15 is 0 Å². The Balaban J connectivity index is 2.79. The van der Waals surface area contributed by atoms with Gasteiger partial charge in [-0.3, -0.25) is 9.59 Å². The van der Waals surface area contributed by atoms with Gasteiger partial charge in [-0.05, 0) is 31.0 Å². The highest BCUT2D eigenvalue weighted by Crippen LogP contribution is 2.11. The Morgan fingerprint density at radius 1 is 1.33 bits per heavy atom. The zero-order chi connectivity index (χ0) is 11.4. The van der Waals surface area contributed by atoms with E-state index in [0.717, 1.165) is 0 Å². The minimum absolute atomic E-state index is 0.102. The fraction of sp³-hybridized carbons (Fsp3) is 0.273. The van der Waals surface area contributed by atoms with Crippen LogP contribution in [0.1, 0.15) is 12.5 Å². The van der Waals surface area contributed by atoms with Crippen LogP contribution in [0.25, 0.3) is 0 Å². The largest absolute Gasteiger partial charge is 0.481 e. The Morgan fingerprint density at radius 3 is 2.27 bits per heavy atom. The molecule has 0 aromatic heterocycles. The maximum absolute atomic E-state index is 12.6. The van der Waals surface area contributed by atoms with E-state index in [-0.39, 0.29) is 12.2 Å². The fourth-order valence-corrected chi connectivity index (χ4v) is 1.26. The van der Waals surface area contributed by atoms with Crippen molar-refractivity contribution >= 4 is 11.8 Å². The van der Waals surface area contributed by atoms with Gasteiger partial charge in [0.25, 0.3) is 0 Å². The van der Waals surface area contributed by atoms with Crippen molar-refractivity contribution in [2.75, 3.05) is 0 Å². The summed E-state index contributed by atoms with van der Waals surface area (Å²) >= 11 is 0. The molecule has 0 spiro atoms. The van der Waals surface area contributed by atoms with Crippen molar-refractivity contribution in [3.63, 3.8) is 0 Å². The minimum atomic E-state index is -1.15. The van der Waals surface area contributed by atoms with E-state index in [1.54, 1.807) is 0 Å². The van der Waals surface area contributed by atoms with Gasteiger partial charge in [-0.25, -0.2) is 4.39 Å². The van der Waals surface area contributed by atoms with Gasteiger partial charge in [0.15, 0.2) is 0 Å². The average Bonchev–Trinajstić information content (AvgIpc) is 2.15. The van der Waals surface area contributed by atoms with Gasteiger partial charge in [0.1, 0.15) is 17.5 Å². The first-order valence-corrected chi connectivity index (χ1v) is 4.48. The molecule has 0 fully saturated rings. The Hall–Kier alpha value is -1.71. The number of halogens is 1. The second-order valence-electron chi connectivity index (χ2n) is 3.33. The molecular formula is C11H11FO3. The standard InChI is InChI=1S/C11H11FO3/c1-7(13)10(11(14)15)6-8-2-4-9(12)5-3-8/h2-5,10H,6H2,1H3,(H,14,15). The van der Waals surface area contributed by atoms with Crippen LogP contribution in [0.4, 0.5) is 4.39 Å². The molecule has 80 valence electrons. The summed E-state index contributed by atoms with van der Waals surface area (Å²) in [5, 5.41) is 8.76. The molecule has 0 bridgehead atoms. The first-order chi connectivity index (χ1) is 7.00. The monoisotopic (exact) mass is 210 g/mol. The average molecular weight is 210 g/mol. The van der Waals surface area contributed by atoms with Crippen LogP contribution in [-0.2, 0) is 16.0 Å². The van der Waals surface area contributed by atoms with Gasteiger partial charge in [0, 0.05) is 0 Å². The van der Waals surface area contributed by atoms with E-state index < -0.39 is 17.7 Å². The summed E-state index contributed by atoms with van der Waals surface area (Å²) in [5.74, 6) is -2.97. The molecule has 0 aliphatic carbocycles. The Kier molecular flexibility index (Phi) is 3.55. The third-order valence-electron chi connectivity index (χ3n) is 2.14. The van der Waals surface area contributed by atoms with Crippen molar-refractivity contribution in [1.29, 1.82) is 0 Å². The van der Waals surface area contributed by atoms with Gasteiger partial charge < -0.3 is 5.11 Å². The minimum Gasteiger partial charge on any atom is -0.481 e. The maximum Gasteiger partial charge on any atom is 0.314 e. The lowest BCUT2D eigenvalue weighted by molar-refractivity contribution is -0.145. The summed E-state index contributed by atoms with van der Waals surface area (Å²) in [6.45, 7) is 1.24. The summed E-state index contributed by atoms with van der Waals surface area (Å²) in [5.41, 5.74) is 0.638. The summed E-state index contributed by atoms with van der Waals surface area (Å²) in [7, 11) is 0. The first kappa shape index (κ1) is 11.4. The molecule has 1 aromatic rings. The third-order valence-corrected chi connectivity index (χ3v) is 2.14. The molecule has 0 heterocycles. The SMILES string of the molecule is CC(=O)C(Cc1ccc(F)cc1)C(=O)O. The first-order valence-electron chi connectivity index (χ1n) is 4.48. The number of carboxylic acid groups (broad SMARTS) is 1. The van der Waals surface area contributed by atoms with Crippen LogP contribution in [0, 0.1) is 11.7 Å². The number of aliphatic carboxylic acids is 1. The second-order valence-corrected chi connectivity index (χ2v) is 3.33. The van der Waals surface area contributed by atoms with Crippen molar-refractivity contribution in [3.05, 3.63) is 35.6 Å². The van der Waals surface area contributed by atoms with Gasteiger partial charge >= 0.3 is 5.97 Å². The van der Waals surface area contributed by atoms with E-state index in [1.165, 1.54) is 31.2 Å². The zero-order valence-corrected chi connectivity index (χ0v) is 8.24. The predicted octanol–water partition coefficient (Wildman–Crippen LogP) is 1.66. The Bertz CT molecular complexity index is 356. The Morgan fingerprint density at radius 2 is 1.87 bits per heavy atom. The van der Waals surface area contributed by atoms with E-state index in [1.807, 2.05) is 0 Å². The molecule has 1 atom stereocenters. The van der Waals surface area contributed by atoms with Crippen molar-refractivity contribution in [2.24, 2.45) is 5.92 Å². The molecule has 3 nitrogen and oxygen atoms in total. The van der Waals surface area contributed by atoms with Gasteiger partial charge in [0.05, 0.1) is 0 Å². The second kappa shape index (κ2) is 4.68. The number of rotatable bonds is 4. The normalized spacial score (nSPS) is 12.1.